The van der Waals surface area contributed by atoms with Crippen LogP contribution in [0.3, 0.4) is 0 Å². The first-order valence-corrected chi connectivity index (χ1v) is 6.21. The van der Waals surface area contributed by atoms with Gasteiger partial charge in [0.2, 0.25) is 5.88 Å². The highest BCUT2D eigenvalue weighted by atomic mass is 35.5. The van der Waals surface area contributed by atoms with Crippen molar-refractivity contribution in [3.63, 3.8) is 0 Å². The first-order chi connectivity index (χ1) is 8.61. The van der Waals surface area contributed by atoms with E-state index in [4.69, 9.17) is 45.3 Å². The Bertz CT molecular complexity index is 575. The molecule has 0 aliphatic rings. The topological polar surface area (TPSA) is 48.1 Å². The molecular weight excluding hydrogens is 295 g/mol. The second-order valence-corrected chi connectivity index (χ2v) is 4.69. The minimum Gasteiger partial charge on any atom is -0.437 e. The molecule has 0 radical (unpaired) electrons. The van der Waals surface area contributed by atoms with Crippen molar-refractivity contribution in [1.82, 2.24) is 4.98 Å². The predicted molar refractivity (Wildman–Crippen MR) is 73.7 cm³/mol. The van der Waals surface area contributed by atoms with Gasteiger partial charge in [-0.3, -0.25) is 0 Å². The molecule has 2 rings (SSSR count). The first kappa shape index (κ1) is 13.4. The van der Waals surface area contributed by atoms with Gasteiger partial charge in [-0.25, -0.2) is 4.98 Å². The van der Waals surface area contributed by atoms with Gasteiger partial charge in [-0.05, 0) is 12.1 Å². The van der Waals surface area contributed by atoms with Crippen molar-refractivity contribution < 1.29 is 4.74 Å². The van der Waals surface area contributed by atoms with Gasteiger partial charge < -0.3 is 10.5 Å². The van der Waals surface area contributed by atoms with Crippen LogP contribution in [0.25, 0.3) is 0 Å². The number of nitrogens with two attached hydrogens (primary N) is 1. The van der Waals surface area contributed by atoms with E-state index < -0.39 is 0 Å². The molecule has 0 spiro atoms. The number of pyridine rings is 1. The Morgan fingerprint density at radius 2 is 1.83 bits per heavy atom. The lowest BCUT2D eigenvalue weighted by Crippen LogP contribution is -2.01. The fraction of sp³-hybridized carbons (Fsp3) is 0.0833. The fourth-order valence-electron chi connectivity index (χ4n) is 1.36. The van der Waals surface area contributed by atoms with Crippen LogP contribution in [0.2, 0.25) is 15.1 Å². The van der Waals surface area contributed by atoms with E-state index >= 15 is 0 Å². The van der Waals surface area contributed by atoms with Crippen LogP contribution < -0.4 is 10.5 Å². The molecule has 0 saturated carbocycles. The van der Waals surface area contributed by atoms with Crippen molar-refractivity contribution in [3.05, 3.63) is 51.1 Å². The van der Waals surface area contributed by atoms with E-state index in [0.29, 0.717) is 33.2 Å². The molecule has 1 aromatic carbocycles. The number of nitrogens with zero attached hydrogens (tertiary/aromatic N) is 1. The Morgan fingerprint density at radius 3 is 2.56 bits per heavy atom. The molecule has 0 saturated heterocycles. The summed E-state index contributed by atoms with van der Waals surface area (Å²) in [5, 5.41) is 1.09. The Hall–Kier alpha value is -1.000. The summed E-state index contributed by atoms with van der Waals surface area (Å²) in [7, 11) is 0. The average molecular weight is 304 g/mol. The smallest absolute Gasteiger partial charge is 0.223 e. The minimum atomic E-state index is 0.322. The number of halogens is 3. The number of hydrogen-bond donors (Lipinski definition) is 1. The van der Waals surface area contributed by atoms with Gasteiger partial charge in [-0.2, -0.15) is 0 Å². The molecule has 0 bridgehead atoms. The normalized spacial score (nSPS) is 10.4. The van der Waals surface area contributed by atoms with Gasteiger partial charge >= 0.3 is 0 Å². The van der Waals surface area contributed by atoms with Gasteiger partial charge in [0, 0.05) is 24.4 Å². The van der Waals surface area contributed by atoms with E-state index in [1.54, 1.807) is 18.3 Å². The van der Waals surface area contributed by atoms with Gasteiger partial charge in [-0.15, -0.1) is 0 Å². The lowest BCUT2D eigenvalue weighted by atomic mass is 10.3. The summed E-state index contributed by atoms with van der Waals surface area (Å²) in [5.41, 5.74) is 6.37. The molecule has 2 N–H and O–H groups in total. The van der Waals surface area contributed by atoms with E-state index in [-0.39, 0.29) is 0 Å². The van der Waals surface area contributed by atoms with Crippen molar-refractivity contribution in [2.45, 2.75) is 6.54 Å². The molecular formula is C12H9Cl3N2O. The molecule has 1 heterocycles. The van der Waals surface area contributed by atoms with Crippen LogP contribution in [0.4, 0.5) is 0 Å². The maximum Gasteiger partial charge on any atom is 0.223 e. The van der Waals surface area contributed by atoms with Crippen molar-refractivity contribution in [3.8, 4) is 11.6 Å². The lowest BCUT2D eigenvalue weighted by molar-refractivity contribution is 0.456. The SMILES string of the molecule is NCc1cccnc1Oc1cc(Cl)c(Cl)cc1Cl. The summed E-state index contributed by atoms with van der Waals surface area (Å²) in [4.78, 5) is 4.10. The summed E-state index contributed by atoms with van der Waals surface area (Å²) in [6.07, 6.45) is 1.61. The molecule has 2 aromatic rings. The summed E-state index contributed by atoms with van der Waals surface area (Å²) in [6.45, 7) is 0.322. The van der Waals surface area contributed by atoms with Gasteiger partial charge in [0.15, 0.2) is 0 Å². The van der Waals surface area contributed by atoms with E-state index in [1.165, 1.54) is 6.07 Å². The van der Waals surface area contributed by atoms with Crippen molar-refractivity contribution in [2.24, 2.45) is 5.73 Å². The number of benzene rings is 1. The van der Waals surface area contributed by atoms with E-state index in [0.717, 1.165) is 5.56 Å². The number of rotatable bonds is 3. The second kappa shape index (κ2) is 5.76. The maximum absolute atomic E-state index is 6.02. The predicted octanol–water partition coefficient (Wildman–Crippen LogP) is 4.29. The molecule has 1 aromatic heterocycles. The van der Waals surface area contributed by atoms with Crippen molar-refractivity contribution in [1.29, 1.82) is 0 Å². The van der Waals surface area contributed by atoms with E-state index in [9.17, 15) is 0 Å². The molecule has 0 aliphatic carbocycles. The molecule has 18 heavy (non-hydrogen) atoms. The zero-order valence-electron chi connectivity index (χ0n) is 9.16. The Labute approximate surface area is 119 Å². The maximum atomic E-state index is 6.02. The van der Waals surface area contributed by atoms with E-state index in [1.807, 2.05) is 6.07 Å². The molecule has 3 nitrogen and oxygen atoms in total. The van der Waals surface area contributed by atoms with Gasteiger partial charge in [-0.1, -0.05) is 40.9 Å². The number of aromatic nitrogens is 1. The fourth-order valence-corrected chi connectivity index (χ4v) is 1.93. The largest absolute Gasteiger partial charge is 0.437 e. The Morgan fingerprint density at radius 1 is 1.11 bits per heavy atom. The van der Waals surface area contributed by atoms with Crippen molar-refractivity contribution >= 4 is 34.8 Å². The summed E-state index contributed by atoms with van der Waals surface area (Å²) >= 11 is 17.8. The van der Waals surface area contributed by atoms with Crippen LogP contribution in [-0.4, -0.2) is 4.98 Å². The second-order valence-electron chi connectivity index (χ2n) is 3.47. The van der Waals surface area contributed by atoms with Crippen LogP contribution in [0.1, 0.15) is 5.56 Å². The average Bonchev–Trinajstić information content (AvgIpc) is 2.36. The Kier molecular flexibility index (Phi) is 4.30. The van der Waals surface area contributed by atoms with Gasteiger partial charge in [0.1, 0.15) is 5.75 Å². The quantitative estimate of drug-likeness (QED) is 0.860. The highest BCUT2D eigenvalue weighted by Crippen LogP contribution is 2.36. The zero-order chi connectivity index (χ0) is 13.1. The number of ether oxygens (including phenoxy) is 1. The first-order valence-electron chi connectivity index (χ1n) is 5.08. The third-order valence-corrected chi connectivity index (χ3v) is 3.27. The lowest BCUT2D eigenvalue weighted by Gasteiger charge is -2.10. The van der Waals surface area contributed by atoms with Gasteiger partial charge in [0.25, 0.3) is 0 Å². The summed E-state index contributed by atoms with van der Waals surface area (Å²) < 4.78 is 5.60. The Balaban J connectivity index is 2.37. The minimum absolute atomic E-state index is 0.322. The van der Waals surface area contributed by atoms with Crippen molar-refractivity contribution in [2.75, 3.05) is 0 Å². The van der Waals surface area contributed by atoms with Crippen LogP contribution in [0.5, 0.6) is 11.6 Å². The van der Waals surface area contributed by atoms with Crippen LogP contribution >= 0.6 is 34.8 Å². The highest BCUT2D eigenvalue weighted by molar-refractivity contribution is 6.43. The molecule has 0 fully saturated rings. The van der Waals surface area contributed by atoms with E-state index in [2.05, 4.69) is 4.98 Å². The number of hydrogen-bond acceptors (Lipinski definition) is 3. The molecule has 0 unspecified atom stereocenters. The van der Waals surface area contributed by atoms with Crippen LogP contribution in [-0.2, 0) is 6.54 Å². The van der Waals surface area contributed by atoms with Gasteiger partial charge in [0.05, 0.1) is 15.1 Å². The van der Waals surface area contributed by atoms with Crippen LogP contribution in [0.15, 0.2) is 30.5 Å². The molecule has 94 valence electrons. The highest BCUT2D eigenvalue weighted by Gasteiger charge is 2.10. The molecule has 0 aliphatic heterocycles. The summed E-state index contributed by atoms with van der Waals surface area (Å²) in [5.74, 6) is 0.791. The summed E-state index contributed by atoms with van der Waals surface area (Å²) in [6, 6.07) is 6.67. The third-order valence-electron chi connectivity index (χ3n) is 2.25. The zero-order valence-corrected chi connectivity index (χ0v) is 11.4. The third kappa shape index (κ3) is 2.87. The molecule has 0 atom stereocenters. The molecule has 0 amide bonds. The standard InChI is InChI=1S/C12H9Cl3N2O/c13-8-4-10(15)11(5-9(8)14)18-12-7(6-16)2-1-3-17-12/h1-5H,6,16H2. The van der Waals surface area contributed by atoms with Crippen LogP contribution in [0, 0.1) is 0 Å². The monoisotopic (exact) mass is 302 g/mol. The molecule has 6 heteroatoms.